The summed E-state index contributed by atoms with van der Waals surface area (Å²) in [6.45, 7) is 0. The fourth-order valence-corrected chi connectivity index (χ4v) is 11.5. The lowest BCUT2D eigenvalue weighted by Crippen LogP contribution is -2.18. The summed E-state index contributed by atoms with van der Waals surface area (Å²) in [5.41, 5.74) is 19.8. The van der Waals surface area contributed by atoms with E-state index < -0.39 is 0 Å². The number of fused-ring (bicyclic) bond motifs is 8. The summed E-state index contributed by atoms with van der Waals surface area (Å²) in [6, 6.07) is 90.5. The fourth-order valence-electron chi connectivity index (χ4n) is 11.5. The Bertz CT molecular complexity index is 3910. The van der Waals surface area contributed by atoms with Crippen molar-refractivity contribution in [1.29, 1.82) is 0 Å². The highest BCUT2D eigenvalue weighted by molar-refractivity contribution is 6.23. The van der Waals surface area contributed by atoms with Crippen molar-refractivity contribution in [3.8, 4) is 33.4 Å². The standard InChI is InChI=1S/C66H44N2/c1-2-17-45-37-52(32-31-43(45)15-1)66-58-36-34-53(67-61-27-9-4-18-47(61)39-48-19-5-10-28-62(48)67)41-59(58)65(51-24-13-23-46(38-51)56-26-14-22-44-16-3-8-25-55(44)56)57-35-33-54(42-60(57)66)68-63-29-11-6-20-49(63)40-50-21-7-12-30-64(50)68/h1-38,41-42H,39-40H2. The van der Waals surface area contributed by atoms with Crippen molar-refractivity contribution in [2.24, 2.45) is 0 Å². The van der Waals surface area contributed by atoms with E-state index in [4.69, 9.17) is 0 Å². The number of anilines is 6. The maximum atomic E-state index is 2.48. The number of para-hydroxylation sites is 4. The number of hydrogen-bond donors (Lipinski definition) is 0. The van der Waals surface area contributed by atoms with Crippen LogP contribution in [0.2, 0.25) is 0 Å². The molecule has 2 heterocycles. The van der Waals surface area contributed by atoms with Gasteiger partial charge in [0.1, 0.15) is 0 Å². The van der Waals surface area contributed by atoms with Gasteiger partial charge in [-0.25, -0.2) is 0 Å². The molecular formula is C66H44N2. The second kappa shape index (κ2) is 15.4. The average Bonchev–Trinajstić information content (AvgIpc) is 3.40. The van der Waals surface area contributed by atoms with Crippen molar-refractivity contribution in [2.45, 2.75) is 12.8 Å². The molecule has 2 aliphatic rings. The predicted octanol–water partition coefficient (Wildman–Crippen LogP) is 18.0. The molecule has 2 nitrogen and oxygen atoms in total. The van der Waals surface area contributed by atoms with Crippen molar-refractivity contribution in [3.63, 3.8) is 0 Å². The first-order valence-electron chi connectivity index (χ1n) is 23.7. The minimum Gasteiger partial charge on any atom is -0.310 e. The molecule has 2 heteroatoms. The van der Waals surface area contributed by atoms with Crippen molar-refractivity contribution in [2.75, 3.05) is 9.80 Å². The van der Waals surface area contributed by atoms with Gasteiger partial charge in [0.15, 0.2) is 0 Å². The van der Waals surface area contributed by atoms with Gasteiger partial charge in [0.2, 0.25) is 0 Å². The Morgan fingerprint density at radius 3 is 1.26 bits per heavy atom. The molecular weight excluding hydrogens is 821 g/mol. The van der Waals surface area contributed by atoms with Crippen LogP contribution in [0, 0.1) is 0 Å². The molecule has 0 bridgehead atoms. The molecule has 0 radical (unpaired) electrons. The lowest BCUT2D eigenvalue weighted by atomic mass is 9.84. The number of rotatable bonds is 5. The van der Waals surface area contributed by atoms with E-state index in [0.29, 0.717) is 0 Å². The molecule has 0 aromatic heterocycles. The summed E-state index contributed by atoms with van der Waals surface area (Å²) in [7, 11) is 0. The van der Waals surface area contributed by atoms with Gasteiger partial charge in [-0.15, -0.1) is 0 Å². The molecule has 68 heavy (non-hydrogen) atoms. The minimum atomic E-state index is 0.910. The van der Waals surface area contributed by atoms with Crippen LogP contribution in [0.25, 0.3) is 76.5 Å². The van der Waals surface area contributed by atoms with Crippen LogP contribution in [0.3, 0.4) is 0 Å². The Hall–Kier alpha value is -8.72. The smallest absolute Gasteiger partial charge is 0.0497 e. The molecule has 14 rings (SSSR count). The first-order valence-corrected chi connectivity index (χ1v) is 23.7. The summed E-state index contributed by atoms with van der Waals surface area (Å²) >= 11 is 0. The predicted molar refractivity (Wildman–Crippen MR) is 288 cm³/mol. The van der Waals surface area contributed by atoms with Gasteiger partial charge in [0.25, 0.3) is 0 Å². The van der Waals surface area contributed by atoms with Crippen molar-refractivity contribution >= 4 is 77.2 Å². The SMILES string of the molecule is c1cc(-c2cccc3ccccc23)cc(-c2c3ccc(N4c5ccccc5Cc5ccccc54)cc3c(-c3ccc4ccccc4c3)c3ccc(N4c5ccccc5Cc5ccccc54)cc23)c1. The number of nitrogens with zero attached hydrogens (tertiary/aromatic N) is 2. The summed E-state index contributed by atoms with van der Waals surface area (Å²) < 4.78 is 0. The number of hydrogen-bond acceptors (Lipinski definition) is 2. The van der Waals surface area contributed by atoms with Crippen LogP contribution in [0.5, 0.6) is 0 Å². The van der Waals surface area contributed by atoms with Crippen LogP contribution in [0.4, 0.5) is 34.1 Å². The summed E-state index contributed by atoms with van der Waals surface area (Å²) in [4.78, 5) is 4.97. The van der Waals surface area contributed by atoms with E-state index in [9.17, 15) is 0 Å². The average molecular weight is 865 g/mol. The fraction of sp³-hybridized carbons (Fsp3) is 0.0303. The monoisotopic (exact) mass is 864 g/mol. The first-order chi connectivity index (χ1) is 33.7. The van der Waals surface area contributed by atoms with Gasteiger partial charge < -0.3 is 9.80 Å². The molecule has 12 aromatic carbocycles. The summed E-state index contributed by atoms with van der Waals surface area (Å²) in [5.74, 6) is 0. The topological polar surface area (TPSA) is 6.48 Å². The Balaban J connectivity index is 1.10. The van der Waals surface area contributed by atoms with Gasteiger partial charge in [0.05, 0.1) is 0 Å². The molecule has 0 unspecified atom stereocenters. The van der Waals surface area contributed by atoms with E-state index in [0.717, 1.165) is 24.2 Å². The molecule has 0 atom stereocenters. The molecule has 0 saturated carbocycles. The third-order valence-electron chi connectivity index (χ3n) is 14.6. The van der Waals surface area contributed by atoms with Gasteiger partial charge in [-0.2, -0.15) is 0 Å². The first kappa shape index (κ1) is 38.5. The van der Waals surface area contributed by atoms with E-state index in [-0.39, 0.29) is 0 Å². The molecule has 12 aromatic rings. The zero-order chi connectivity index (χ0) is 44.7. The van der Waals surface area contributed by atoms with Crippen LogP contribution in [0.1, 0.15) is 22.3 Å². The van der Waals surface area contributed by atoms with E-state index >= 15 is 0 Å². The van der Waals surface area contributed by atoms with E-state index in [1.165, 1.54) is 121 Å². The van der Waals surface area contributed by atoms with E-state index in [1.54, 1.807) is 0 Å². The zero-order valence-corrected chi connectivity index (χ0v) is 37.4. The van der Waals surface area contributed by atoms with Crippen molar-refractivity contribution < 1.29 is 0 Å². The third kappa shape index (κ3) is 6.11. The Morgan fingerprint density at radius 1 is 0.250 bits per heavy atom. The molecule has 0 fully saturated rings. The summed E-state index contributed by atoms with van der Waals surface area (Å²) in [6.07, 6.45) is 1.82. The Labute approximate surface area is 396 Å². The van der Waals surface area contributed by atoms with Gasteiger partial charge in [0, 0.05) is 47.0 Å². The lowest BCUT2D eigenvalue weighted by Gasteiger charge is -2.34. The Kier molecular flexibility index (Phi) is 8.75. The Morgan fingerprint density at radius 2 is 0.691 bits per heavy atom. The van der Waals surface area contributed by atoms with Gasteiger partial charge >= 0.3 is 0 Å². The van der Waals surface area contributed by atoms with Crippen LogP contribution < -0.4 is 9.80 Å². The van der Waals surface area contributed by atoms with Gasteiger partial charge in [-0.05, 0) is 159 Å². The van der Waals surface area contributed by atoms with Crippen LogP contribution in [-0.2, 0) is 12.8 Å². The largest absolute Gasteiger partial charge is 0.310 e. The molecule has 0 aliphatic carbocycles. The highest BCUT2D eigenvalue weighted by atomic mass is 15.2. The molecule has 0 saturated heterocycles. The van der Waals surface area contributed by atoms with Crippen LogP contribution in [0.15, 0.2) is 243 Å². The number of benzene rings is 12. The van der Waals surface area contributed by atoms with Gasteiger partial charge in [-0.3, -0.25) is 0 Å². The molecule has 318 valence electrons. The quantitative estimate of drug-likeness (QED) is 0.159. The van der Waals surface area contributed by atoms with Gasteiger partial charge in [-0.1, -0.05) is 182 Å². The maximum Gasteiger partial charge on any atom is 0.0497 e. The molecule has 0 spiro atoms. The third-order valence-corrected chi connectivity index (χ3v) is 14.6. The second-order valence-electron chi connectivity index (χ2n) is 18.4. The van der Waals surface area contributed by atoms with Crippen LogP contribution in [-0.4, -0.2) is 0 Å². The maximum absolute atomic E-state index is 2.48. The van der Waals surface area contributed by atoms with Crippen molar-refractivity contribution in [1.82, 2.24) is 0 Å². The van der Waals surface area contributed by atoms with Crippen LogP contribution >= 0.6 is 0 Å². The minimum absolute atomic E-state index is 0.910. The van der Waals surface area contributed by atoms with E-state index in [1.807, 2.05) is 0 Å². The highest BCUT2D eigenvalue weighted by Crippen LogP contribution is 2.51. The normalized spacial score (nSPS) is 12.8. The lowest BCUT2D eigenvalue weighted by molar-refractivity contribution is 1.09. The van der Waals surface area contributed by atoms with E-state index in [2.05, 4.69) is 252 Å². The highest BCUT2D eigenvalue weighted by Gasteiger charge is 2.28. The zero-order valence-electron chi connectivity index (χ0n) is 37.4. The molecule has 2 aliphatic heterocycles. The second-order valence-corrected chi connectivity index (χ2v) is 18.4. The molecule has 0 N–H and O–H groups in total. The summed E-state index contributed by atoms with van der Waals surface area (Å²) in [5, 5.41) is 9.83. The molecule has 0 amide bonds. The van der Waals surface area contributed by atoms with Crippen molar-refractivity contribution in [3.05, 3.63) is 265 Å².